The summed E-state index contributed by atoms with van der Waals surface area (Å²) in [6.07, 6.45) is 1.03. The van der Waals surface area contributed by atoms with Crippen LogP contribution in [0.5, 0.6) is 11.5 Å². The Balaban J connectivity index is 1.92. The number of fused-ring (bicyclic) bond motifs is 2. The third kappa shape index (κ3) is 4.57. The molecule has 0 heterocycles. The fourth-order valence-corrected chi connectivity index (χ4v) is 4.48. The van der Waals surface area contributed by atoms with Gasteiger partial charge in [-0.1, -0.05) is 48.5 Å². The van der Waals surface area contributed by atoms with Crippen molar-refractivity contribution in [3.8, 4) is 22.6 Å². The molecule has 4 nitrogen and oxygen atoms in total. The van der Waals surface area contributed by atoms with Crippen LogP contribution in [0, 0.1) is 0 Å². The molecule has 32 heavy (non-hydrogen) atoms. The van der Waals surface area contributed by atoms with Gasteiger partial charge in [0, 0.05) is 24.0 Å². The van der Waals surface area contributed by atoms with Crippen LogP contribution >= 0.6 is 0 Å². The zero-order valence-electron chi connectivity index (χ0n) is 19.0. The lowest BCUT2D eigenvalue weighted by molar-refractivity contribution is 0.0803. The second kappa shape index (κ2) is 7.80. The van der Waals surface area contributed by atoms with Crippen LogP contribution in [0.4, 0.5) is 0 Å². The summed E-state index contributed by atoms with van der Waals surface area (Å²) >= 11 is 0. The molecule has 4 heteroatoms. The van der Waals surface area contributed by atoms with Gasteiger partial charge < -0.3 is 20.4 Å². The SMILES string of the molecule is CC(C)(O)Cc1ccc2c(-c3c(O)ccc4cc(CC(C)(C)O)ccc34)c(O)ccc2c1. The number of hydrogen-bond acceptors (Lipinski definition) is 4. The smallest absolute Gasteiger partial charge is 0.124 e. The molecular weight excluding hydrogens is 400 g/mol. The van der Waals surface area contributed by atoms with Crippen molar-refractivity contribution in [1.82, 2.24) is 0 Å². The third-order valence-corrected chi connectivity index (χ3v) is 5.65. The third-order valence-electron chi connectivity index (χ3n) is 5.65. The topological polar surface area (TPSA) is 80.9 Å². The van der Waals surface area contributed by atoms with Crippen LogP contribution in [0.3, 0.4) is 0 Å². The van der Waals surface area contributed by atoms with Crippen molar-refractivity contribution >= 4 is 21.5 Å². The average Bonchev–Trinajstić information content (AvgIpc) is 2.66. The molecule has 0 amide bonds. The predicted molar refractivity (Wildman–Crippen MR) is 130 cm³/mol. The molecule has 0 unspecified atom stereocenters. The normalized spacial score (nSPS) is 12.6. The molecule has 0 aliphatic carbocycles. The van der Waals surface area contributed by atoms with Crippen molar-refractivity contribution in [2.75, 3.05) is 0 Å². The molecule has 4 N–H and O–H groups in total. The number of aromatic hydroxyl groups is 2. The van der Waals surface area contributed by atoms with Gasteiger partial charge in [-0.2, -0.15) is 0 Å². The quantitative estimate of drug-likeness (QED) is 0.327. The van der Waals surface area contributed by atoms with Crippen molar-refractivity contribution in [3.05, 3.63) is 71.8 Å². The van der Waals surface area contributed by atoms with Gasteiger partial charge in [-0.25, -0.2) is 0 Å². The summed E-state index contributed by atoms with van der Waals surface area (Å²) in [5.41, 5.74) is 1.52. The van der Waals surface area contributed by atoms with Crippen LogP contribution in [-0.2, 0) is 12.8 Å². The molecule has 0 saturated heterocycles. The van der Waals surface area contributed by atoms with E-state index >= 15 is 0 Å². The number of phenolic OH excluding ortho intramolecular Hbond substituents is 2. The van der Waals surface area contributed by atoms with E-state index in [0.29, 0.717) is 24.0 Å². The van der Waals surface area contributed by atoms with Gasteiger partial charge in [0.2, 0.25) is 0 Å². The van der Waals surface area contributed by atoms with Crippen LogP contribution in [-0.4, -0.2) is 31.6 Å². The van der Waals surface area contributed by atoms with E-state index in [-0.39, 0.29) is 11.5 Å². The highest BCUT2D eigenvalue weighted by Gasteiger charge is 2.19. The Bertz CT molecular complexity index is 1200. The fraction of sp³-hybridized carbons (Fsp3) is 0.286. The zero-order chi connectivity index (χ0) is 23.3. The first-order chi connectivity index (χ1) is 14.9. The molecule has 0 aromatic heterocycles. The highest BCUT2D eigenvalue weighted by molar-refractivity contribution is 6.09. The van der Waals surface area contributed by atoms with E-state index in [1.54, 1.807) is 39.8 Å². The van der Waals surface area contributed by atoms with Crippen LogP contribution in [0.2, 0.25) is 0 Å². The Kier molecular flexibility index (Phi) is 5.40. The number of rotatable bonds is 5. The molecule has 4 aromatic carbocycles. The van der Waals surface area contributed by atoms with E-state index in [4.69, 9.17) is 0 Å². The summed E-state index contributed by atoms with van der Waals surface area (Å²) in [5, 5.41) is 45.5. The van der Waals surface area contributed by atoms with Crippen LogP contribution in [0.15, 0.2) is 60.7 Å². The Labute approximate surface area is 188 Å². The molecular formula is C28H30O4. The van der Waals surface area contributed by atoms with Crippen molar-refractivity contribution in [1.29, 1.82) is 0 Å². The average molecular weight is 431 g/mol. The van der Waals surface area contributed by atoms with Gasteiger partial charge in [-0.15, -0.1) is 0 Å². The lowest BCUT2D eigenvalue weighted by Gasteiger charge is -2.19. The maximum Gasteiger partial charge on any atom is 0.124 e. The summed E-state index contributed by atoms with van der Waals surface area (Å²) in [7, 11) is 0. The monoisotopic (exact) mass is 430 g/mol. The van der Waals surface area contributed by atoms with Crippen LogP contribution in [0.1, 0.15) is 38.8 Å². The molecule has 0 spiro atoms. The Hall–Kier alpha value is -3.08. The molecule has 4 rings (SSSR count). The fourth-order valence-electron chi connectivity index (χ4n) is 4.48. The first kappa shape index (κ1) is 22.1. The second-order valence-corrected chi connectivity index (χ2v) is 10.0. The maximum absolute atomic E-state index is 10.8. The summed E-state index contributed by atoms with van der Waals surface area (Å²) in [6.45, 7) is 7.11. The highest BCUT2D eigenvalue weighted by Crippen LogP contribution is 2.45. The summed E-state index contributed by atoms with van der Waals surface area (Å²) in [6, 6.07) is 18.8. The van der Waals surface area contributed by atoms with Gasteiger partial charge >= 0.3 is 0 Å². The predicted octanol–water partition coefficient (Wildman–Crippen LogP) is 5.70. The number of aliphatic hydroxyl groups is 2. The first-order valence-electron chi connectivity index (χ1n) is 10.9. The molecule has 0 fully saturated rings. The molecule has 0 saturated carbocycles. The minimum atomic E-state index is -0.817. The van der Waals surface area contributed by atoms with E-state index in [1.807, 2.05) is 48.5 Å². The van der Waals surface area contributed by atoms with Crippen LogP contribution < -0.4 is 0 Å². The van der Waals surface area contributed by atoms with E-state index in [1.165, 1.54) is 0 Å². The second-order valence-electron chi connectivity index (χ2n) is 10.0. The number of phenols is 2. The lowest BCUT2D eigenvalue weighted by Crippen LogP contribution is -2.21. The molecule has 0 atom stereocenters. The molecule has 166 valence electrons. The molecule has 0 bridgehead atoms. The highest BCUT2D eigenvalue weighted by atomic mass is 16.3. The Morgan fingerprint density at radius 1 is 0.562 bits per heavy atom. The zero-order valence-corrected chi connectivity index (χ0v) is 19.0. The van der Waals surface area contributed by atoms with Crippen molar-refractivity contribution < 1.29 is 20.4 Å². The Morgan fingerprint density at radius 3 is 1.28 bits per heavy atom. The summed E-state index contributed by atoms with van der Waals surface area (Å²) in [5.74, 6) is 0.187. The largest absolute Gasteiger partial charge is 0.507 e. The Morgan fingerprint density at radius 2 is 0.938 bits per heavy atom. The maximum atomic E-state index is 10.8. The molecule has 4 aromatic rings. The first-order valence-corrected chi connectivity index (χ1v) is 10.9. The van der Waals surface area contributed by atoms with Gasteiger partial charge in [-0.05, 0) is 72.5 Å². The van der Waals surface area contributed by atoms with Gasteiger partial charge in [0.1, 0.15) is 11.5 Å². The van der Waals surface area contributed by atoms with E-state index < -0.39 is 11.2 Å². The lowest BCUT2D eigenvalue weighted by atomic mass is 9.89. The van der Waals surface area contributed by atoms with Crippen molar-refractivity contribution in [2.45, 2.75) is 51.7 Å². The van der Waals surface area contributed by atoms with Crippen molar-refractivity contribution in [2.24, 2.45) is 0 Å². The molecule has 0 aliphatic rings. The van der Waals surface area contributed by atoms with Crippen LogP contribution in [0.25, 0.3) is 32.7 Å². The summed E-state index contributed by atoms with van der Waals surface area (Å²) < 4.78 is 0. The number of hydrogen-bond donors (Lipinski definition) is 4. The van der Waals surface area contributed by atoms with E-state index in [2.05, 4.69) is 0 Å². The molecule has 0 radical (unpaired) electrons. The number of benzene rings is 4. The van der Waals surface area contributed by atoms with Gasteiger partial charge in [-0.3, -0.25) is 0 Å². The minimum Gasteiger partial charge on any atom is -0.507 e. The standard InChI is InChI=1S/C28H30O4/c1-27(2,31)15-17-5-9-21-19(13-17)7-11-23(29)25(21)26-22-10-6-18(16-28(3,4)32)14-20(22)8-12-24(26)30/h5-14,29-32H,15-16H2,1-4H3. The minimum absolute atomic E-state index is 0.0936. The van der Waals surface area contributed by atoms with Gasteiger partial charge in [0.15, 0.2) is 0 Å². The van der Waals surface area contributed by atoms with Gasteiger partial charge in [0.25, 0.3) is 0 Å². The molecule has 0 aliphatic heterocycles. The summed E-state index contributed by atoms with van der Waals surface area (Å²) in [4.78, 5) is 0. The van der Waals surface area contributed by atoms with E-state index in [9.17, 15) is 20.4 Å². The van der Waals surface area contributed by atoms with Gasteiger partial charge in [0.05, 0.1) is 11.2 Å². The van der Waals surface area contributed by atoms with E-state index in [0.717, 1.165) is 32.7 Å². The van der Waals surface area contributed by atoms with Crippen molar-refractivity contribution in [3.63, 3.8) is 0 Å².